The first-order valence-electron chi connectivity index (χ1n) is 9.75. The Bertz CT molecular complexity index is 824. The number of nitrogens with two attached hydrogens (primary N) is 3. The van der Waals surface area contributed by atoms with E-state index in [1.54, 1.807) is 12.1 Å². The summed E-state index contributed by atoms with van der Waals surface area (Å²) in [7, 11) is 0. The van der Waals surface area contributed by atoms with Crippen molar-refractivity contribution in [3.05, 3.63) is 29.8 Å². The molecule has 13 nitrogen and oxygen atoms in total. The third-order valence-corrected chi connectivity index (χ3v) is 4.21. The number of hydrogen-bond donors (Lipinski definition) is 8. The number of phenolic OH excluding ortho intramolecular Hbond substituents is 1. The molecule has 0 saturated carbocycles. The van der Waals surface area contributed by atoms with Gasteiger partial charge in [0.15, 0.2) is 5.96 Å². The highest BCUT2D eigenvalue weighted by Gasteiger charge is 2.27. The van der Waals surface area contributed by atoms with Crippen LogP contribution in [0.1, 0.15) is 18.4 Å². The number of rotatable bonds is 13. The molecule has 0 bridgehead atoms. The van der Waals surface area contributed by atoms with Crippen LogP contribution in [-0.2, 0) is 25.6 Å². The van der Waals surface area contributed by atoms with Gasteiger partial charge >= 0.3 is 5.97 Å². The second kappa shape index (κ2) is 13.4. The van der Waals surface area contributed by atoms with E-state index in [4.69, 9.17) is 22.3 Å². The van der Waals surface area contributed by atoms with Crippen LogP contribution in [0.5, 0.6) is 5.75 Å². The van der Waals surface area contributed by atoms with E-state index in [0.717, 1.165) is 0 Å². The molecule has 1 aromatic rings. The largest absolute Gasteiger partial charge is 0.508 e. The molecule has 0 aliphatic rings. The number of amides is 3. The van der Waals surface area contributed by atoms with Crippen LogP contribution in [0.3, 0.4) is 0 Å². The van der Waals surface area contributed by atoms with Crippen molar-refractivity contribution in [1.29, 1.82) is 0 Å². The Morgan fingerprint density at radius 2 is 1.66 bits per heavy atom. The van der Waals surface area contributed by atoms with E-state index < -0.39 is 42.3 Å². The normalized spacial score (nSPS) is 12.2. The number of nitrogens with zero attached hydrogens (tertiary/aromatic N) is 1. The van der Waals surface area contributed by atoms with Crippen LogP contribution in [0.15, 0.2) is 29.3 Å². The third kappa shape index (κ3) is 10.2. The van der Waals surface area contributed by atoms with E-state index in [0.29, 0.717) is 12.0 Å². The number of carboxylic acid groups (broad SMARTS) is 1. The summed E-state index contributed by atoms with van der Waals surface area (Å²) < 4.78 is 0. The van der Waals surface area contributed by atoms with Gasteiger partial charge < -0.3 is 43.4 Å². The quantitative estimate of drug-likeness (QED) is 0.0871. The number of benzene rings is 1. The van der Waals surface area contributed by atoms with Gasteiger partial charge in [-0.1, -0.05) is 12.1 Å². The molecule has 176 valence electrons. The van der Waals surface area contributed by atoms with Crippen molar-refractivity contribution >= 4 is 29.7 Å². The molecule has 0 aliphatic carbocycles. The number of nitrogens with one attached hydrogen (secondary N) is 3. The van der Waals surface area contributed by atoms with Crippen LogP contribution in [-0.4, -0.2) is 71.6 Å². The second-order valence-corrected chi connectivity index (χ2v) is 6.82. The lowest BCUT2D eigenvalue weighted by atomic mass is 10.0. The lowest BCUT2D eigenvalue weighted by Crippen LogP contribution is -2.55. The molecule has 1 rings (SSSR count). The van der Waals surface area contributed by atoms with Crippen LogP contribution in [0.25, 0.3) is 0 Å². The van der Waals surface area contributed by atoms with Gasteiger partial charge in [-0.2, -0.15) is 0 Å². The minimum absolute atomic E-state index is 0.0386. The van der Waals surface area contributed by atoms with Crippen molar-refractivity contribution < 1.29 is 29.4 Å². The Balaban J connectivity index is 2.94. The van der Waals surface area contributed by atoms with Gasteiger partial charge in [-0.05, 0) is 30.5 Å². The van der Waals surface area contributed by atoms with E-state index in [2.05, 4.69) is 20.9 Å². The van der Waals surface area contributed by atoms with Gasteiger partial charge in [0.05, 0.1) is 6.54 Å². The SMILES string of the molecule is NCC(=O)NC(Cc1ccc(O)cc1)C(=O)NC(CCCN=C(N)N)C(=O)NCC(=O)O. The van der Waals surface area contributed by atoms with Crippen molar-refractivity contribution in [3.8, 4) is 5.75 Å². The molecule has 1 aromatic carbocycles. The minimum Gasteiger partial charge on any atom is -0.508 e. The van der Waals surface area contributed by atoms with Crippen LogP contribution < -0.4 is 33.2 Å². The summed E-state index contributed by atoms with van der Waals surface area (Å²) in [5.41, 5.74) is 16.5. The summed E-state index contributed by atoms with van der Waals surface area (Å²) in [6.07, 6.45) is 0.501. The van der Waals surface area contributed by atoms with Crippen LogP contribution in [0, 0.1) is 0 Å². The van der Waals surface area contributed by atoms with E-state index >= 15 is 0 Å². The summed E-state index contributed by atoms with van der Waals surface area (Å²) in [6, 6.07) is 3.87. The molecule has 0 saturated heterocycles. The lowest BCUT2D eigenvalue weighted by Gasteiger charge is -2.23. The molecule has 13 heteroatoms. The Hall–Kier alpha value is -3.87. The number of aliphatic imine (C=N–C) groups is 1. The third-order valence-electron chi connectivity index (χ3n) is 4.21. The Labute approximate surface area is 184 Å². The molecular formula is C19H29N7O6. The van der Waals surface area contributed by atoms with E-state index in [-0.39, 0.29) is 37.6 Å². The average Bonchev–Trinajstić information content (AvgIpc) is 2.74. The predicted molar refractivity (Wildman–Crippen MR) is 115 cm³/mol. The summed E-state index contributed by atoms with van der Waals surface area (Å²) in [5.74, 6) is -3.29. The Kier molecular flexibility index (Phi) is 11.0. The summed E-state index contributed by atoms with van der Waals surface area (Å²) >= 11 is 0. The summed E-state index contributed by atoms with van der Waals surface area (Å²) in [6.45, 7) is -0.776. The van der Waals surface area contributed by atoms with Gasteiger partial charge in [-0.15, -0.1) is 0 Å². The molecule has 2 atom stereocenters. The van der Waals surface area contributed by atoms with Crippen molar-refractivity contribution in [1.82, 2.24) is 16.0 Å². The molecule has 11 N–H and O–H groups in total. The zero-order chi connectivity index (χ0) is 24.1. The smallest absolute Gasteiger partial charge is 0.322 e. The molecule has 3 amide bonds. The monoisotopic (exact) mass is 451 g/mol. The van der Waals surface area contributed by atoms with Crippen LogP contribution in [0.2, 0.25) is 0 Å². The van der Waals surface area contributed by atoms with Gasteiger partial charge in [0.1, 0.15) is 24.4 Å². The first-order chi connectivity index (χ1) is 15.1. The van der Waals surface area contributed by atoms with Crippen molar-refractivity contribution in [2.24, 2.45) is 22.2 Å². The number of phenols is 1. The highest BCUT2D eigenvalue weighted by atomic mass is 16.4. The van der Waals surface area contributed by atoms with Crippen LogP contribution in [0.4, 0.5) is 0 Å². The Morgan fingerprint density at radius 1 is 1.00 bits per heavy atom. The molecule has 2 unspecified atom stereocenters. The first-order valence-corrected chi connectivity index (χ1v) is 9.75. The van der Waals surface area contributed by atoms with Crippen molar-refractivity contribution in [2.75, 3.05) is 19.6 Å². The van der Waals surface area contributed by atoms with E-state index in [1.807, 2.05) is 0 Å². The zero-order valence-electron chi connectivity index (χ0n) is 17.4. The molecule has 0 aliphatic heterocycles. The highest BCUT2D eigenvalue weighted by molar-refractivity contribution is 5.93. The lowest BCUT2D eigenvalue weighted by molar-refractivity contribution is -0.138. The number of guanidine groups is 1. The molecule has 0 aromatic heterocycles. The van der Waals surface area contributed by atoms with E-state index in [1.165, 1.54) is 12.1 Å². The number of hydrogen-bond acceptors (Lipinski definition) is 7. The zero-order valence-corrected chi connectivity index (χ0v) is 17.4. The number of carboxylic acids is 1. The van der Waals surface area contributed by atoms with Crippen molar-refractivity contribution in [2.45, 2.75) is 31.3 Å². The van der Waals surface area contributed by atoms with Crippen molar-refractivity contribution in [3.63, 3.8) is 0 Å². The number of aromatic hydroxyl groups is 1. The fourth-order valence-corrected chi connectivity index (χ4v) is 2.66. The molecule has 0 spiro atoms. The van der Waals surface area contributed by atoms with E-state index in [9.17, 15) is 24.3 Å². The van der Waals surface area contributed by atoms with Gasteiger partial charge in [0, 0.05) is 13.0 Å². The summed E-state index contributed by atoms with van der Waals surface area (Å²) in [5, 5.41) is 25.4. The van der Waals surface area contributed by atoms with Crippen LogP contribution >= 0.6 is 0 Å². The summed E-state index contributed by atoms with van der Waals surface area (Å²) in [4.78, 5) is 51.6. The predicted octanol–water partition coefficient (Wildman–Crippen LogP) is -2.88. The minimum atomic E-state index is -1.25. The highest BCUT2D eigenvalue weighted by Crippen LogP contribution is 2.12. The fourth-order valence-electron chi connectivity index (χ4n) is 2.66. The maximum absolute atomic E-state index is 12.9. The fraction of sp³-hybridized carbons (Fsp3) is 0.421. The molecule has 0 heterocycles. The van der Waals surface area contributed by atoms with Gasteiger partial charge in [0.2, 0.25) is 17.7 Å². The number of carbonyl (C=O) groups is 4. The molecule has 0 fully saturated rings. The molecule has 0 radical (unpaired) electrons. The molecular weight excluding hydrogens is 422 g/mol. The van der Waals surface area contributed by atoms with Gasteiger partial charge in [-0.25, -0.2) is 0 Å². The standard InChI is InChI=1S/C19H29N7O6/c20-9-15(28)25-14(8-11-3-5-12(27)6-4-11)18(32)26-13(2-1-7-23-19(21)22)17(31)24-10-16(29)30/h3-6,13-14,27H,1-2,7-10,20H2,(H,24,31)(H,25,28)(H,26,32)(H,29,30)(H4,21,22,23). The topological polar surface area (TPSA) is 235 Å². The molecule has 32 heavy (non-hydrogen) atoms. The maximum atomic E-state index is 12.9. The van der Waals surface area contributed by atoms with Gasteiger partial charge in [-0.3, -0.25) is 24.2 Å². The number of carbonyl (C=O) groups excluding carboxylic acids is 3. The second-order valence-electron chi connectivity index (χ2n) is 6.82. The Morgan fingerprint density at radius 3 is 2.22 bits per heavy atom. The average molecular weight is 451 g/mol. The first kappa shape index (κ1) is 26.2. The number of aliphatic carboxylic acids is 1. The maximum Gasteiger partial charge on any atom is 0.322 e. The van der Waals surface area contributed by atoms with Gasteiger partial charge in [0.25, 0.3) is 0 Å².